The van der Waals surface area contributed by atoms with Gasteiger partial charge in [-0.25, -0.2) is 0 Å². The van der Waals surface area contributed by atoms with Gasteiger partial charge < -0.3 is 0 Å². The summed E-state index contributed by atoms with van der Waals surface area (Å²) in [4.78, 5) is 0. The summed E-state index contributed by atoms with van der Waals surface area (Å²) in [6, 6.07) is 58.4. The van der Waals surface area contributed by atoms with E-state index in [2.05, 4.69) is 158 Å². The lowest BCUT2D eigenvalue weighted by atomic mass is 9.84. The average Bonchev–Trinajstić information content (AvgIpc) is 3.50. The van der Waals surface area contributed by atoms with E-state index in [1.807, 2.05) is 11.3 Å². The first-order valence-corrected chi connectivity index (χ1v) is 16.3. The SMILES string of the molecule is c1ccc2c(-c3c4ccccc4c(-c4ccc5sc6c7ccccc7c7ccccc7c6c5c4)c4ccccc34)cccc2c1. The molecule has 0 aliphatic heterocycles. The minimum Gasteiger partial charge on any atom is -0.135 e. The Morgan fingerprint density at radius 2 is 0.844 bits per heavy atom. The molecule has 0 aliphatic carbocycles. The van der Waals surface area contributed by atoms with Crippen LogP contribution in [0.1, 0.15) is 0 Å². The number of benzene rings is 9. The summed E-state index contributed by atoms with van der Waals surface area (Å²) < 4.78 is 2.70. The van der Waals surface area contributed by atoms with Gasteiger partial charge in [0, 0.05) is 25.6 Å². The Balaban J connectivity index is 1.34. The highest BCUT2D eigenvalue weighted by atomic mass is 32.1. The fraction of sp³-hybridized carbons (Fsp3) is 0. The molecule has 0 unspecified atom stereocenters. The van der Waals surface area contributed by atoms with Crippen LogP contribution in [0, 0.1) is 0 Å². The van der Waals surface area contributed by atoms with Crippen molar-refractivity contribution in [1.29, 1.82) is 0 Å². The van der Waals surface area contributed by atoms with Gasteiger partial charge in [-0.1, -0.05) is 146 Å². The molecule has 0 fully saturated rings. The lowest BCUT2D eigenvalue weighted by Crippen LogP contribution is -1.91. The number of fused-ring (bicyclic) bond motifs is 11. The third-order valence-electron chi connectivity index (χ3n) is 9.63. The Kier molecular flexibility index (Phi) is 5.25. The topological polar surface area (TPSA) is 0 Å². The van der Waals surface area contributed by atoms with Crippen LogP contribution in [-0.2, 0) is 0 Å². The summed E-state index contributed by atoms with van der Waals surface area (Å²) in [5.41, 5.74) is 5.15. The molecule has 0 nitrogen and oxygen atoms in total. The predicted molar refractivity (Wildman–Crippen MR) is 198 cm³/mol. The maximum atomic E-state index is 2.46. The molecule has 0 saturated carbocycles. The van der Waals surface area contributed by atoms with Crippen molar-refractivity contribution in [2.24, 2.45) is 0 Å². The van der Waals surface area contributed by atoms with E-state index in [0.29, 0.717) is 0 Å². The molecule has 1 heterocycles. The van der Waals surface area contributed by atoms with Gasteiger partial charge in [-0.05, 0) is 82.9 Å². The second-order valence-electron chi connectivity index (χ2n) is 12.0. The number of rotatable bonds is 2. The molecule has 208 valence electrons. The highest BCUT2D eigenvalue weighted by molar-refractivity contribution is 7.27. The largest absolute Gasteiger partial charge is 0.135 e. The molecule has 45 heavy (non-hydrogen) atoms. The zero-order valence-electron chi connectivity index (χ0n) is 24.4. The Hall–Kier alpha value is -5.50. The van der Waals surface area contributed by atoms with Crippen molar-refractivity contribution in [2.45, 2.75) is 0 Å². The van der Waals surface area contributed by atoms with Crippen LogP contribution in [-0.4, -0.2) is 0 Å². The Morgan fingerprint density at radius 1 is 0.333 bits per heavy atom. The third-order valence-corrected chi connectivity index (χ3v) is 10.8. The van der Waals surface area contributed by atoms with E-state index in [-0.39, 0.29) is 0 Å². The lowest BCUT2D eigenvalue weighted by molar-refractivity contribution is 1.69. The zero-order valence-corrected chi connectivity index (χ0v) is 25.2. The van der Waals surface area contributed by atoms with Crippen LogP contribution >= 0.6 is 11.3 Å². The number of hydrogen-bond donors (Lipinski definition) is 0. The predicted octanol–water partition coefficient (Wildman–Crippen LogP) is 13.2. The fourth-order valence-corrected chi connectivity index (χ4v) is 8.97. The molecule has 0 spiro atoms. The van der Waals surface area contributed by atoms with E-state index >= 15 is 0 Å². The summed E-state index contributed by atoms with van der Waals surface area (Å²) >= 11 is 1.92. The maximum Gasteiger partial charge on any atom is 0.0440 e. The van der Waals surface area contributed by atoms with Crippen LogP contribution in [0.15, 0.2) is 158 Å². The third kappa shape index (κ3) is 3.53. The van der Waals surface area contributed by atoms with Crippen LogP contribution < -0.4 is 0 Å². The second kappa shape index (κ2) is 9.50. The van der Waals surface area contributed by atoms with Crippen molar-refractivity contribution >= 4 is 85.4 Å². The smallest absolute Gasteiger partial charge is 0.0440 e. The van der Waals surface area contributed by atoms with Crippen molar-refractivity contribution in [1.82, 2.24) is 0 Å². The molecular weight excluding hydrogens is 561 g/mol. The molecular formula is C44H26S. The first-order chi connectivity index (χ1) is 22.3. The van der Waals surface area contributed by atoms with E-state index in [9.17, 15) is 0 Å². The molecule has 0 radical (unpaired) electrons. The lowest BCUT2D eigenvalue weighted by Gasteiger charge is -2.19. The molecule has 9 aromatic carbocycles. The van der Waals surface area contributed by atoms with E-state index in [4.69, 9.17) is 0 Å². The molecule has 0 bridgehead atoms. The zero-order chi connectivity index (χ0) is 29.5. The summed E-state index contributed by atoms with van der Waals surface area (Å²) in [5, 5.41) is 15.7. The minimum absolute atomic E-state index is 1.26. The Bertz CT molecular complexity index is 2750. The molecule has 0 atom stereocenters. The van der Waals surface area contributed by atoms with Crippen molar-refractivity contribution in [3.8, 4) is 22.3 Å². The molecule has 0 amide bonds. The van der Waals surface area contributed by atoms with Crippen LogP contribution in [0.25, 0.3) is 96.3 Å². The van der Waals surface area contributed by atoms with Crippen LogP contribution in [0.4, 0.5) is 0 Å². The first-order valence-electron chi connectivity index (χ1n) is 15.5. The summed E-state index contributed by atoms with van der Waals surface area (Å²) in [7, 11) is 0. The highest BCUT2D eigenvalue weighted by Crippen LogP contribution is 2.48. The van der Waals surface area contributed by atoms with Crippen LogP contribution in [0.3, 0.4) is 0 Å². The van der Waals surface area contributed by atoms with Gasteiger partial charge in [0.1, 0.15) is 0 Å². The van der Waals surface area contributed by atoms with Gasteiger partial charge in [0.2, 0.25) is 0 Å². The van der Waals surface area contributed by atoms with Gasteiger partial charge in [-0.3, -0.25) is 0 Å². The standard InChI is InChI=1S/C44H26S/c1-2-14-29-27(12-1)13-11-23-32(29)42-36-20-8-6-18-34(36)41(35-19-7-9-21-37(35)42)28-24-25-40-39(26-28)43-33-17-5-3-15-30(33)31-16-4-10-22-38(31)44(43)45-40/h1-26H. The van der Waals surface area contributed by atoms with E-state index in [1.165, 1.54) is 96.3 Å². The number of thiophene rings is 1. The van der Waals surface area contributed by atoms with E-state index in [0.717, 1.165) is 0 Å². The quantitative estimate of drug-likeness (QED) is 0.140. The van der Waals surface area contributed by atoms with Crippen molar-refractivity contribution < 1.29 is 0 Å². The molecule has 0 N–H and O–H groups in total. The van der Waals surface area contributed by atoms with Crippen LogP contribution in [0.2, 0.25) is 0 Å². The Morgan fingerprint density at radius 3 is 1.53 bits per heavy atom. The van der Waals surface area contributed by atoms with Gasteiger partial charge in [-0.2, -0.15) is 0 Å². The van der Waals surface area contributed by atoms with Gasteiger partial charge >= 0.3 is 0 Å². The summed E-state index contributed by atoms with van der Waals surface area (Å²) in [6.07, 6.45) is 0. The van der Waals surface area contributed by atoms with E-state index in [1.54, 1.807) is 0 Å². The van der Waals surface area contributed by atoms with Gasteiger partial charge in [0.05, 0.1) is 0 Å². The molecule has 0 aliphatic rings. The minimum atomic E-state index is 1.26. The molecule has 10 rings (SSSR count). The van der Waals surface area contributed by atoms with Crippen molar-refractivity contribution in [3.63, 3.8) is 0 Å². The molecule has 0 saturated heterocycles. The first kappa shape index (κ1) is 24.9. The molecule has 1 aromatic heterocycles. The summed E-state index contributed by atoms with van der Waals surface area (Å²) in [5.74, 6) is 0. The maximum absolute atomic E-state index is 2.46. The van der Waals surface area contributed by atoms with Gasteiger partial charge in [0.15, 0.2) is 0 Å². The Labute approximate surface area is 264 Å². The van der Waals surface area contributed by atoms with Gasteiger partial charge in [-0.15, -0.1) is 11.3 Å². The van der Waals surface area contributed by atoms with Crippen molar-refractivity contribution in [3.05, 3.63) is 158 Å². The second-order valence-corrected chi connectivity index (χ2v) is 13.0. The normalized spacial score (nSPS) is 12.0. The number of hydrogen-bond acceptors (Lipinski definition) is 1. The van der Waals surface area contributed by atoms with Crippen molar-refractivity contribution in [2.75, 3.05) is 0 Å². The monoisotopic (exact) mass is 586 g/mol. The average molecular weight is 587 g/mol. The molecule has 1 heteroatoms. The summed E-state index contributed by atoms with van der Waals surface area (Å²) in [6.45, 7) is 0. The van der Waals surface area contributed by atoms with E-state index < -0.39 is 0 Å². The van der Waals surface area contributed by atoms with Crippen LogP contribution in [0.5, 0.6) is 0 Å². The van der Waals surface area contributed by atoms with Gasteiger partial charge in [0.25, 0.3) is 0 Å². The fourth-order valence-electron chi connectivity index (χ4n) is 7.74. The highest BCUT2D eigenvalue weighted by Gasteiger charge is 2.19. The molecule has 10 aromatic rings.